The van der Waals surface area contributed by atoms with Crippen molar-refractivity contribution in [1.82, 2.24) is 5.32 Å². The Kier molecular flexibility index (Phi) is 6.48. The highest BCUT2D eigenvalue weighted by atomic mass is 35.5. The molecule has 3 rings (SSSR count). The maximum atomic E-state index is 13.0. The van der Waals surface area contributed by atoms with E-state index in [4.69, 9.17) is 11.6 Å². The lowest BCUT2D eigenvalue weighted by atomic mass is 10.1. The Morgan fingerprint density at radius 3 is 2.27 bits per heavy atom. The fourth-order valence-corrected chi connectivity index (χ4v) is 4.38. The third-order valence-electron chi connectivity index (χ3n) is 4.88. The highest BCUT2D eigenvalue weighted by Gasteiger charge is 2.23. The van der Waals surface area contributed by atoms with Gasteiger partial charge in [-0.25, -0.2) is 8.42 Å². The molecule has 0 saturated carbocycles. The smallest absolute Gasteiger partial charge is 0.264 e. The van der Waals surface area contributed by atoms with Crippen LogP contribution in [0.4, 0.5) is 5.69 Å². The zero-order valence-corrected chi connectivity index (χ0v) is 18.5. The molecule has 0 spiro atoms. The van der Waals surface area contributed by atoms with Gasteiger partial charge in [0.2, 0.25) is 0 Å². The van der Waals surface area contributed by atoms with Gasteiger partial charge in [0, 0.05) is 7.05 Å². The van der Waals surface area contributed by atoms with Crippen LogP contribution in [0.2, 0.25) is 5.02 Å². The van der Waals surface area contributed by atoms with Crippen LogP contribution < -0.4 is 9.62 Å². The Bertz CT molecular complexity index is 1150. The van der Waals surface area contributed by atoms with Gasteiger partial charge in [0.15, 0.2) is 0 Å². The third kappa shape index (κ3) is 4.66. The highest BCUT2D eigenvalue weighted by Crippen LogP contribution is 2.27. The van der Waals surface area contributed by atoms with Crippen molar-refractivity contribution in [2.75, 3.05) is 11.4 Å². The fourth-order valence-electron chi connectivity index (χ4n) is 2.99. The van der Waals surface area contributed by atoms with Gasteiger partial charge < -0.3 is 5.32 Å². The minimum Gasteiger partial charge on any atom is -0.345 e. The maximum Gasteiger partial charge on any atom is 0.264 e. The lowest BCUT2D eigenvalue weighted by Gasteiger charge is -2.21. The molecule has 0 bridgehead atoms. The molecule has 0 radical (unpaired) electrons. The first-order chi connectivity index (χ1) is 14.2. The Balaban J connectivity index is 1.87. The molecule has 0 aliphatic heterocycles. The Morgan fingerprint density at radius 1 is 1.00 bits per heavy atom. The number of hydrogen-bond acceptors (Lipinski definition) is 3. The lowest BCUT2D eigenvalue weighted by molar-refractivity contribution is 0.0940. The summed E-state index contributed by atoms with van der Waals surface area (Å²) >= 11 is 6.25. The number of amides is 1. The van der Waals surface area contributed by atoms with E-state index in [1.54, 1.807) is 30.3 Å². The standard InChI is InChI=1S/C23H23ClN2O3S/c1-16-9-12-20(13-10-16)30(28,29)26(3)19-11-14-22(24)21(15-19)23(27)25-17(2)18-7-5-4-6-8-18/h4-15,17H,1-3H3,(H,25,27). The summed E-state index contributed by atoms with van der Waals surface area (Å²) in [5.74, 6) is -0.376. The van der Waals surface area contributed by atoms with E-state index in [1.807, 2.05) is 44.2 Å². The van der Waals surface area contributed by atoms with Crippen LogP contribution in [0.3, 0.4) is 0 Å². The fraction of sp³-hybridized carbons (Fsp3) is 0.174. The number of anilines is 1. The minimum absolute atomic E-state index is 0.175. The lowest BCUT2D eigenvalue weighted by Crippen LogP contribution is -2.29. The van der Waals surface area contributed by atoms with Crippen molar-refractivity contribution in [2.24, 2.45) is 0 Å². The average Bonchev–Trinajstić information content (AvgIpc) is 2.74. The van der Waals surface area contributed by atoms with Crippen molar-refractivity contribution in [3.8, 4) is 0 Å². The molecule has 0 saturated heterocycles. The molecule has 1 unspecified atom stereocenters. The van der Waals surface area contributed by atoms with Crippen molar-refractivity contribution in [2.45, 2.75) is 24.8 Å². The molecular formula is C23H23ClN2O3S. The second kappa shape index (κ2) is 8.90. The predicted molar refractivity (Wildman–Crippen MR) is 121 cm³/mol. The van der Waals surface area contributed by atoms with Crippen LogP contribution in [0.25, 0.3) is 0 Å². The molecule has 0 aliphatic carbocycles. The molecule has 7 heteroatoms. The molecule has 1 amide bonds. The van der Waals surface area contributed by atoms with Gasteiger partial charge >= 0.3 is 0 Å². The van der Waals surface area contributed by atoms with Crippen LogP contribution in [0.15, 0.2) is 77.7 Å². The number of carbonyl (C=O) groups excluding carboxylic acids is 1. The molecule has 0 fully saturated rings. The van der Waals surface area contributed by atoms with Gasteiger partial charge in [0.1, 0.15) is 0 Å². The number of nitrogens with one attached hydrogen (secondary N) is 1. The molecular weight excluding hydrogens is 420 g/mol. The number of carbonyl (C=O) groups is 1. The van der Waals surface area contributed by atoms with E-state index < -0.39 is 10.0 Å². The second-order valence-corrected chi connectivity index (χ2v) is 9.43. The summed E-state index contributed by atoms with van der Waals surface area (Å²) in [7, 11) is -2.32. The van der Waals surface area contributed by atoms with E-state index in [0.717, 1.165) is 15.4 Å². The molecule has 5 nitrogen and oxygen atoms in total. The molecule has 0 aromatic heterocycles. The van der Waals surface area contributed by atoms with Crippen LogP contribution in [0.1, 0.15) is 34.5 Å². The summed E-state index contributed by atoms with van der Waals surface area (Å²) in [5, 5.41) is 3.15. The van der Waals surface area contributed by atoms with Gasteiger partial charge in [-0.1, -0.05) is 59.6 Å². The van der Waals surface area contributed by atoms with E-state index >= 15 is 0 Å². The van der Waals surface area contributed by atoms with Gasteiger partial charge in [0.25, 0.3) is 15.9 Å². The number of aryl methyl sites for hydroxylation is 1. The molecule has 30 heavy (non-hydrogen) atoms. The number of hydrogen-bond donors (Lipinski definition) is 1. The molecule has 1 N–H and O–H groups in total. The minimum atomic E-state index is -3.77. The van der Waals surface area contributed by atoms with Crippen molar-refractivity contribution in [3.63, 3.8) is 0 Å². The van der Waals surface area contributed by atoms with Crippen molar-refractivity contribution in [1.29, 1.82) is 0 Å². The number of nitrogens with zero attached hydrogens (tertiary/aromatic N) is 1. The van der Waals surface area contributed by atoms with Gasteiger partial charge in [-0.15, -0.1) is 0 Å². The molecule has 1 atom stereocenters. The summed E-state index contributed by atoms with van der Waals surface area (Å²) in [6.07, 6.45) is 0. The van der Waals surface area contributed by atoms with Gasteiger partial charge in [-0.05, 0) is 49.7 Å². The first-order valence-electron chi connectivity index (χ1n) is 9.41. The SMILES string of the molecule is Cc1ccc(S(=O)(=O)N(C)c2ccc(Cl)c(C(=O)NC(C)c3ccccc3)c2)cc1. The molecule has 3 aromatic carbocycles. The first kappa shape index (κ1) is 21.9. The molecule has 156 valence electrons. The summed E-state index contributed by atoms with van der Waals surface area (Å²) < 4.78 is 27.1. The summed E-state index contributed by atoms with van der Waals surface area (Å²) in [4.78, 5) is 13.0. The van der Waals surface area contributed by atoms with Crippen molar-refractivity contribution < 1.29 is 13.2 Å². The summed E-state index contributed by atoms with van der Waals surface area (Å²) in [6.45, 7) is 3.76. The van der Waals surface area contributed by atoms with Crippen LogP contribution in [-0.2, 0) is 10.0 Å². The number of rotatable bonds is 6. The van der Waals surface area contributed by atoms with Crippen LogP contribution >= 0.6 is 11.6 Å². The normalized spacial score (nSPS) is 12.3. The maximum absolute atomic E-state index is 13.0. The van der Waals surface area contributed by atoms with Crippen LogP contribution in [0, 0.1) is 6.92 Å². The van der Waals surface area contributed by atoms with E-state index in [9.17, 15) is 13.2 Å². The zero-order chi connectivity index (χ0) is 21.9. The highest BCUT2D eigenvalue weighted by molar-refractivity contribution is 7.92. The van der Waals surface area contributed by atoms with E-state index in [-0.39, 0.29) is 27.4 Å². The van der Waals surface area contributed by atoms with Crippen molar-refractivity contribution >= 4 is 33.2 Å². The van der Waals surface area contributed by atoms with E-state index in [1.165, 1.54) is 19.2 Å². The molecule has 3 aromatic rings. The largest absolute Gasteiger partial charge is 0.345 e. The summed E-state index contributed by atoms with van der Waals surface area (Å²) in [6, 6.07) is 20.5. The topological polar surface area (TPSA) is 66.5 Å². The predicted octanol–water partition coefficient (Wildman–Crippen LogP) is 4.96. The number of sulfonamides is 1. The number of halogens is 1. The second-order valence-electron chi connectivity index (χ2n) is 7.06. The van der Waals surface area contributed by atoms with E-state index in [2.05, 4.69) is 5.32 Å². The first-order valence-corrected chi connectivity index (χ1v) is 11.2. The van der Waals surface area contributed by atoms with E-state index in [0.29, 0.717) is 5.69 Å². The molecule has 0 heterocycles. The number of benzene rings is 3. The Morgan fingerprint density at radius 2 is 1.63 bits per heavy atom. The Hall–Kier alpha value is -2.83. The third-order valence-corrected chi connectivity index (χ3v) is 7.01. The van der Waals surface area contributed by atoms with Crippen LogP contribution in [-0.4, -0.2) is 21.4 Å². The van der Waals surface area contributed by atoms with Gasteiger partial charge in [-0.2, -0.15) is 0 Å². The summed E-state index contributed by atoms with van der Waals surface area (Å²) in [5.41, 5.74) is 2.48. The zero-order valence-electron chi connectivity index (χ0n) is 17.0. The van der Waals surface area contributed by atoms with Crippen molar-refractivity contribution in [3.05, 3.63) is 94.5 Å². The molecule has 0 aliphatic rings. The Labute approximate surface area is 182 Å². The average molecular weight is 443 g/mol. The monoisotopic (exact) mass is 442 g/mol. The quantitative estimate of drug-likeness (QED) is 0.586. The van der Waals surface area contributed by atoms with Gasteiger partial charge in [-0.3, -0.25) is 9.10 Å². The van der Waals surface area contributed by atoms with Crippen LogP contribution in [0.5, 0.6) is 0 Å². The van der Waals surface area contributed by atoms with Gasteiger partial charge in [0.05, 0.1) is 27.2 Å².